The fraction of sp³-hybridized carbons (Fsp3) is 0.571. The Morgan fingerprint density at radius 2 is 1.94 bits per heavy atom. The van der Waals surface area contributed by atoms with Gasteiger partial charge in [0.2, 0.25) is 0 Å². The third kappa shape index (κ3) is 3.44. The first kappa shape index (κ1) is 12.9. The number of nitrogens with one attached hydrogen (secondary N) is 1. The van der Waals surface area contributed by atoms with Gasteiger partial charge < -0.3 is 11.1 Å². The highest BCUT2D eigenvalue weighted by molar-refractivity contribution is 6.30. The van der Waals surface area contributed by atoms with Gasteiger partial charge in [0, 0.05) is 11.6 Å². The van der Waals surface area contributed by atoms with E-state index in [4.69, 9.17) is 17.3 Å². The van der Waals surface area contributed by atoms with Crippen LogP contribution in [0.1, 0.15) is 24.8 Å². The Morgan fingerprint density at radius 3 is 2.47 bits per heavy atom. The van der Waals surface area contributed by atoms with Gasteiger partial charge >= 0.3 is 0 Å². The lowest BCUT2D eigenvalue weighted by Crippen LogP contribution is -2.45. The third-order valence-electron chi connectivity index (χ3n) is 3.85. The smallest absolute Gasteiger partial charge is 0.0406 e. The van der Waals surface area contributed by atoms with Crippen molar-refractivity contribution in [1.82, 2.24) is 5.32 Å². The monoisotopic (exact) mass is 252 g/mol. The van der Waals surface area contributed by atoms with Gasteiger partial charge in [-0.05, 0) is 55.5 Å². The maximum atomic E-state index is 5.85. The quantitative estimate of drug-likeness (QED) is 0.764. The molecular weight excluding hydrogens is 232 g/mol. The van der Waals surface area contributed by atoms with E-state index in [-0.39, 0.29) is 0 Å². The van der Waals surface area contributed by atoms with Crippen LogP contribution in [0.5, 0.6) is 0 Å². The Labute approximate surface area is 109 Å². The zero-order valence-electron chi connectivity index (χ0n) is 10.2. The second kappa shape index (κ2) is 5.85. The minimum atomic E-state index is 0.403. The molecule has 94 valence electrons. The zero-order chi connectivity index (χ0) is 12.1. The van der Waals surface area contributed by atoms with Gasteiger partial charge in [-0.25, -0.2) is 0 Å². The van der Waals surface area contributed by atoms with Crippen molar-refractivity contribution in [3.8, 4) is 0 Å². The molecule has 2 rings (SSSR count). The van der Waals surface area contributed by atoms with Gasteiger partial charge in [0.25, 0.3) is 0 Å². The standard InChI is InChI=1S/C14H21ClN2/c15-13-4-2-12(3-5-13)6-9-17-11-14(10-16)7-1-8-14/h2-5,17H,1,6-11,16H2. The molecule has 3 heteroatoms. The summed E-state index contributed by atoms with van der Waals surface area (Å²) >= 11 is 5.85. The van der Waals surface area contributed by atoms with Crippen LogP contribution in [-0.4, -0.2) is 19.6 Å². The molecule has 0 aliphatic heterocycles. The molecule has 0 aromatic heterocycles. The van der Waals surface area contributed by atoms with E-state index >= 15 is 0 Å². The average molecular weight is 253 g/mol. The van der Waals surface area contributed by atoms with Crippen molar-refractivity contribution in [3.63, 3.8) is 0 Å². The van der Waals surface area contributed by atoms with Crippen LogP contribution in [-0.2, 0) is 6.42 Å². The van der Waals surface area contributed by atoms with Crippen LogP contribution < -0.4 is 11.1 Å². The summed E-state index contributed by atoms with van der Waals surface area (Å²) in [6.07, 6.45) is 4.97. The molecule has 0 saturated heterocycles. The number of nitrogens with two attached hydrogens (primary N) is 1. The van der Waals surface area contributed by atoms with Gasteiger partial charge in [-0.3, -0.25) is 0 Å². The summed E-state index contributed by atoms with van der Waals surface area (Å²) in [6.45, 7) is 2.90. The predicted molar refractivity (Wildman–Crippen MR) is 73.4 cm³/mol. The molecular formula is C14H21ClN2. The molecule has 1 aliphatic carbocycles. The minimum Gasteiger partial charge on any atom is -0.330 e. The predicted octanol–water partition coefficient (Wildman–Crippen LogP) is 2.60. The highest BCUT2D eigenvalue weighted by atomic mass is 35.5. The molecule has 1 aromatic carbocycles. The lowest BCUT2D eigenvalue weighted by molar-refractivity contribution is 0.141. The number of hydrogen-bond donors (Lipinski definition) is 2. The van der Waals surface area contributed by atoms with Crippen LogP contribution in [0.2, 0.25) is 5.02 Å². The Bertz CT molecular complexity index is 338. The largest absolute Gasteiger partial charge is 0.330 e. The SMILES string of the molecule is NCC1(CNCCc2ccc(Cl)cc2)CCC1. The van der Waals surface area contributed by atoms with E-state index < -0.39 is 0 Å². The summed E-state index contributed by atoms with van der Waals surface area (Å²) in [6, 6.07) is 8.08. The van der Waals surface area contributed by atoms with E-state index in [1.54, 1.807) is 0 Å². The Morgan fingerprint density at radius 1 is 1.24 bits per heavy atom. The summed E-state index contributed by atoms with van der Waals surface area (Å²) in [5.41, 5.74) is 7.56. The van der Waals surface area contributed by atoms with E-state index in [0.29, 0.717) is 5.41 Å². The van der Waals surface area contributed by atoms with Gasteiger partial charge in [-0.1, -0.05) is 30.2 Å². The Kier molecular flexibility index (Phi) is 4.43. The number of hydrogen-bond acceptors (Lipinski definition) is 2. The minimum absolute atomic E-state index is 0.403. The number of benzene rings is 1. The van der Waals surface area contributed by atoms with E-state index in [1.165, 1.54) is 24.8 Å². The van der Waals surface area contributed by atoms with Crippen LogP contribution in [0.4, 0.5) is 0 Å². The lowest BCUT2D eigenvalue weighted by Gasteiger charge is -2.41. The maximum absolute atomic E-state index is 5.85. The van der Waals surface area contributed by atoms with E-state index in [1.807, 2.05) is 12.1 Å². The Hall–Kier alpha value is -0.570. The van der Waals surface area contributed by atoms with Gasteiger partial charge in [0.05, 0.1) is 0 Å². The fourth-order valence-electron chi connectivity index (χ4n) is 2.37. The van der Waals surface area contributed by atoms with Crippen LogP contribution in [0.3, 0.4) is 0 Å². The van der Waals surface area contributed by atoms with Crippen LogP contribution in [0, 0.1) is 5.41 Å². The zero-order valence-corrected chi connectivity index (χ0v) is 11.0. The van der Waals surface area contributed by atoms with Crippen LogP contribution >= 0.6 is 11.6 Å². The summed E-state index contributed by atoms with van der Waals surface area (Å²) in [7, 11) is 0. The molecule has 1 aromatic rings. The lowest BCUT2D eigenvalue weighted by atomic mass is 9.69. The molecule has 3 N–H and O–H groups in total. The normalized spacial score (nSPS) is 17.8. The van der Waals surface area contributed by atoms with E-state index in [0.717, 1.165) is 31.1 Å². The number of halogens is 1. The first-order chi connectivity index (χ1) is 8.24. The third-order valence-corrected chi connectivity index (χ3v) is 4.10. The van der Waals surface area contributed by atoms with Crippen LogP contribution in [0.25, 0.3) is 0 Å². The summed E-state index contributed by atoms with van der Waals surface area (Å²) in [5, 5.41) is 4.33. The number of rotatable bonds is 6. The highest BCUT2D eigenvalue weighted by Gasteiger charge is 2.34. The van der Waals surface area contributed by atoms with E-state index in [9.17, 15) is 0 Å². The molecule has 0 unspecified atom stereocenters. The van der Waals surface area contributed by atoms with Crippen LogP contribution in [0.15, 0.2) is 24.3 Å². The summed E-state index contributed by atoms with van der Waals surface area (Å²) in [5.74, 6) is 0. The average Bonchev–Trinajstić information content (AvgIpc) is 2.30. The van der Waals surface area contributed by atoms with E-state index in [2.05, 4.69) is 17.4 Å². The van der Waals surface area contributed by atoms with Crippen molar-refractivity contribution in [3.05, 3.63) is 34.9 Å². The summed E-state index contributed by atoms with van der Waals surface area (Å²) in [4.78, 5) is 0. The molecule has 0 atom stereocenters. The highest BCUT2D eigenvalue weighted by Crippen LogP contribution is 2.38. The Balaban J connectivity index is 1.67. The summed E-state index contributed by atoms with van der Waals surface area (Å²) < 4.78 is 0. The second-order valence-corrected chi connectivity index (χ2v) is 5.55. The molecule has 0 heterocycles. The van der Waals surface area contributed by atoms with Crippen molar-refractivity contribution in [2.75, 3.05) is 19.6 Å². The van der Waals surface area contributed by atoms with Gasteiger partial charge in [0.1, 0.15) is 0 Å². The van der Waals surface area contributed by atoms with Crippen molar-refractivity contribution >= 4 is 11.6 Å². The molecule has 17 heavy (non-hydrogen) atoms. The van der Waals surface area contributed by atoms with Gasteiger partial charge in [-0.15, -0.1) is 0 Å². The maximum Gasteiger partial charge on any atom is 0.0406 e. The molecule has 0 radical (unpaired) electrons. The molecule has 2 nitrogen and oxygen atoms in total. The van der Waals surface area contributed by atoms with Gasteiger partial charge in [0.15, 0.2) is 0 Å². The molecule has 0 spiro atoms. The first-order valence-electron chi connectivity index (χ1n) is 6.39. The molecule has 0 amide bonds. The second-order valence-electron chi connectivity index (χ2n) is 5.11. The molecule has 1 aliphatic rings. The molecule has 1 saturated carbocycles. The first-order valence-corrected chi connectivity index (χ1v) is 6.77. The van der Waals surface area contributed by atoms with Crippen molar-refractivity contribution < 1.29 is 0 Å². The van der Waals surface area contributed by atoms with Gasteiger partial charge in [-0.2, -0.15) is 0 Å². The molecule has 0 bridgehead atoms. The topological polar surface area (TPSA) is 38.0 Å². The van der Waals surface area contributed by atoms with Crippen molar-refractivity contribution in [2.24, 2.45) is 11.1 Å². The van der Waals surface area contributed by atoms with Crippen molar-refractivity contribution in [1.29, 1.82) is 0 Å². The van der Waals surface area contributed by atoms with Crippen molar-refractivity contribution in [2.45, 2.75) is 25.7 Å². The fourth-order valence-corrected chi connectivity index (χ4v) is 2.49. The molecule has 1 fully saturated rings.